The number of aryl methyl sites for hydroxylation is 1. The average Bonchev–Trinajstić information content (AvgIpc) is 3.23. The van der Waals surface area contributed by atoms with Gasteiger partial charge in [0, 0.05) is 37.8 Å². The van der Waals surface area contributed by atoms with Gasteiger partial charge in [0.15, 0.2) is 11.6 Å². The van der Waals surface area contributed by atoms with E-state index in [2.05, 4.69) is 10.3 Å². The Labute approximate surface area is 189 Å². The van der Waals surface area contributed by atoms with E-state index in [-0.39, 0.29) is 30.5 Å². The number of pyridine rings is 1. The predicted octanol–water partition coefficient (Wildman–Crippen LogP) is 4.13. The number of hydrogen-bond acceptors (Lipinski definition) is 3. The second kappa shape index (κ2) is 9.77. The van der Waals surface area contributed by atoms with E-state index in [1.54, 1.807) is 18.6 Å². The lowest BCUT2D eigenvalue weighted by molar-refractivity contribution is -0.122. The van der Waals surface area contributed by atoms with E-state index < -0.39 is 11.6 Å². The van der Waals surface area contributed by atoms with Gasteiger partial charge in [-0.1, -0.05) is 25.1 Å². The maximum atomic E-state index is 13.6. The van der Waals surface area contributed by atoms with Crippen molar-refractivity contribution in [3.63, 3.8) is 0 Å². The number of halogens is 2. The van der Waals surface area contributed by atoms with Crippen molar-refractivity contribution in [3.8, 4) is 11.1 Å². The number of carbonyl (C=O) groups excluding carboxylic acids is 1. The highest BCUT2D eigenvalue weighted by molar-refractivity contribution is 5.77. The van der Waals surface area contributed by atoms with Crippen LogP contribution in [-0.2, 0) is 17.9 Å². The van der Waals surface area contributed by atoms with Gasteiger partial charge < -0.3 is 14.5 Å². The van der Waals surface area contributed by atoms with Gasteiger partial charge in [0.25, 0.3) is 5.56 Å². The average molecular weight is 450 g/mol. The molecule has 1 N–H and O–H groups in total. The van der Waals surface area contributed by atoms with Gasteiger partial charge in [-0.25, -0.2) is 13.8 Å². The van der Waals surface area contributed by atoms with Crippen LogP contribution >= 0.6 is 0 Å². The van der Waals surface area contributed by atoms with Crippen LogP contribution in [0.2, 0.25) is 0 Å². The summed E-state index contributed by atoms with van der Waals surface area (Å²) in [5.74, 6) is -2.00. The van der Waals surface area contributed by atoms with Gasteiger partial charge in [-0.3, -0.25) is 9.59 Å². The Bertz CT molecular complexity index is 1350. The predicted molar refractivity (Wildman–Crippen MR) is 123 cm³/mol. The molecule has 6 nitrogen and oxygen atoms in total. The van der Waals surface area contributed by atoms with Crippen molar-refractivity contribution in [1.29, 1.82) is 0 Å². The fourth-order valence-electron chi connectivity index (χ4n) is 3.75. The molecule has 4 rings (SSSR count). The SMILES string of the molecule is CC[C@H](Cn1cc(-c2ccc(F)c(F)c2)ccc1=O)NC(=O)CCn1cnc2ccccc21. The normalized spacial score (nSPS) is 12.1. The maximum Gasteiger partial charge on any atom is 0.250 e. The standard InChI is InChI=1S/C25H24F2N4O2/c1-2-19(29-24(32)11-12-30-16-28-22-5-3-4-6-23(22)30)15-31-14-18(8-10-25(31)33)17-7-9-20(26)21(27)13-17/h3-10,13-14,16,19H,2,11-12,15H2,1H3,(H,29,32)/t19-/m1/s1. The first-order valence-corrected chi connectivity index (χ1v) is 10.8. The van der Waals surface area contributed by atoms with Crippen LogP contribution in [0.1, 0.15) is 19.8 Å². The number of aromatic nitrogens is 3. The first kappa shape index (κ1) is 22.4. The molecular weight excluding hydrogens is 426 g/mol. The van der Waals surface area contributed by atoms with E-state index in [0.29, 0.717) is 24.1 Å². The Morgan fingerprint density at radius 2 is 1.82 bits per heavy atom. The topological polar surface area (TPSA) is 68.9 Å². The van der Waals surface area contributed by atoms with Gasteiger partial charge >= 0.3 is 0 Å². The van der Waals surface area contributed by atoms with Crippen molar-refractivity contribution >= 4 is 16.9 Å². The fraction of sp³-hybridized carbons (Fsp3) is 0.240. The number of carbonyl (C=O) groups is 1. The number of para-hydroxylation sites is 2. The van der Waals surface area contributed by atoms with Gasteiger partial charge in [0.1, 0.15) is 0 Å². The van der Waals surface area contributed by atoms with Crippen LogP contribution in [0.5, 0.6) is 0 Å². The molecule has 0 aliphatic rings. The summed E-state index contributed by atoms with van der Waals surface area (Å²) in [5, 5.41) is 2.99. The van der Waals surface area contributed by atoms with E-state index in [1.165, 1.54) is 16.7 Å². The van der Waals surface area contributed by atoms with Gasteiger partial charge in [0.2, 0.25) is 5.91 Å². The van der Waals surface area contributed by atoms with Gasteiger partial charge in [-0.2, -0.15) is 0 Å². The van der Waals surface area contributed by atoms with Crippen LogP contribution in [0.25, 0.3) is 22.2 Å². The lowest BCUT2D eigenvalue weighted by Crippen LogP contribution is -2.39. The second-order valence-electron chi connectivity index (χ2n) is 7.89. The molecule has 0 fully saturated rings. The summed E-state index contributed by atoms with van der Waals surface area (Å²) in [5.41, 5.74) is 2.66. The Hall–Kier alpha value is -3.81. The molecule has 0 radical (unpaired) electrons. The third-order valence-electron chi connectivity index (χ3n) is 5.62. The molecular formula is C25H24F2N4O2. The molecule has 0 saturated heterocycles. The quantitative estimate of drug-likeness (QED) is 0.439. The molecule has 0 aliphatic carbocycles. The van der Waals surface area contributed by atoms with Gasteiger partial charge in [0.05, 0.1) is 17.4 Å². The zero-order valence-electron chi connectivity index (χ0n) is 18.2. The van der Waals surface area contributed by atoms with Crippen LogP contribution < -0.4 is 10.9 Å². The van der Waals surface area contributed by atoms with Crippen LogP contribution in [0, 0.1) is 11.6 Å². The van der Waals surface area contributed by atoms with Crippen molar-refractivity contribution < 1.29 is 13.6 Å². The van der Waals surface area contributed by atoms with Crippen molar-refractivity contribution in [2.24, 2.45) is 0 Å². The third kappa shape index (κ3) is 5.16. The molecule has 0 aliphatic heterocycles. The van der Waals surface area contributed by atoms with Crippen LogP contribution in [0.4, 0.5) is 8.78 Å². The Balaban J connectivity index is 1.42. The van der Waals surface area contributed by atoms with E-state index in [9.17, 15) is 18.4 Å². The number of benzene rings is 2. The van der Waals surface area contributed by atoms with Gasteiger partial charge in [-0.05, 0) is 47.9 Å². The first-order valence-electron chi connectivity index (χ1n) is 10.8. The minimum absolute atomic E-state index is 0.121. The summed E-state index contributed by atoms with van der Waals surface area (Å²) >= 11 is 0. The summed E-state index contributed by atoms with van der Waals surface area (Å²) in [6.45, 7) is 2.69. The van der Waals surface area contributed by atoms with Crippen molar-refractivity contribution in [2.75, 3.05) is 0 Å². The zero-order chi connectivity index (χ0) is 23.4. The third-order valence-corrected chi connectivity index (χ3v) is 5.62. The molecule has 8 heteroatoms. The largest absolute Gasteiger partial charge is 0.352 e. The van der Waals surface area contributed by atoms with E-state index >= 15 is 0 Å². The molecule has 4 aromatic rings. The minimum atomic E-state index is -0.949. The molecule has 1 atom stereocenters. The molecule has 0 saturated carbocycles. The van der Waals surface area contributed by atoms with Crippen molar-refractivity contribution in [2.45, 2.75) is 38.9 Å². The molecule has 0 bridgehead atoms. The van der Waals surface area contributed by atoms with Gasteiger partial charge in [-0.15, -0.1) is 0 Å². The number of nitrogens with one attached hydrogen (secondary N) is 1. The van der Waals surface area contributed by atoms with E-state index in [1.807, 2.05) is 35.8 Å². The molecule has 0 unspecified atom stereocenters. The summed E-state index contributed by atoms with van der Waals surface area (Å²) in [6.07, 6.45) is 4.22. The first-order chi connectivity index (χ1) is 15.9. The van der Waals surface area contributed by atoms with Crippen molar-refractivity contribution in [1.82, 2.24) is 19.4 Å². The summed E-state index contributed by atoms with van der Waals surface area (Å²) in [7, 11) is 0. The summed E-state index contributed by atoms with van der Waals surface area (Å²) in [4.78, 5) is 29.3. The lowest BCUT2D eigenvalue weighted by atomic mass is 10.1. The molecule has 1 amide bonds. The number of rotatable bonds is 8. The van der Waals surface area contributed by atoms with Crippen LogP contribution in [0.15, 0.2) is 71.9 Å². The maximum absolute atomic E-state index is 13.6. The summed E-state index contributed by atoms with van der Waals surface area (Å²) in [6, 6.07) is 14.0. The number of fused-ring (bicyclic) bond motifs is 1. The minimum Gasteiger partial charge on any atom is -0.352 e. The Kier molecular flexibility index (Phi) is 6.63. The smallest absolute Gasteiger partial charge is 0.250 e. The number of nitrogens with zero attached hydrogens (tertiary/aromatic N) is 3. The molecule has 2 aromatic carbocycles. The number of amides is 1. The number of hydrogen-bond donors (Lipinski definition) is 1. The molecule has 0 spiro atoms. The highest BCUT2D eigenvalue weighted by Crippen LogP contribution is 2.20. The van der Waals surface area contributed by atoms with E-state index in [0.717, 1.165) is 23.2 Å². The molecule has 170 valence electrons. The van der Waals surface area contributed by atoms with Crippen LogP contribution in [0.3, 0.4) is 0 Å². The Morgan fingerprint density at radius 1 is 1.03 bits per heavy atom. The molecule has 33 heavy (non-hydrogen) atoms. The monoisotopic (exact) mass is 450 g/mol. The van der Waals surface area contributed by atoms with E-state index in [4.69, 9.17) is 0 Å². The number of imidazole rings is 1. The zero-order valence-corrected chi connectivity index (χ0v) is 18.2. The fourth-order valence-corrected chi connectivity index (χ4v) is 3.75. The van der Waals surface area contributed by atoms with Crippen LogP contribution in [-0.4, -0.2) is 26.1 Å². The Morgan fingerprint density at radius 3 is 2.61 bits per heavy atom. The second-order valence-corrected chi connectivity index (χ2v) is 7.89. The highest BCUT2D eigenvalue weighted by atomic mass is 19.2. The molecule has 2 heterocycles. The molecule has 2 aromatic heterocycles. The lowest BCUT2D eigenvalue weighted by Gasteiger charge is -2.19. The highest BCUT2D eigenvalue weighted by Gasteiger charge is 2.14. The van der Waals surface area contributed by atoms with Crippen molar-refractivity contribution in [3.05, 3.63) is 89.1 Å². The summed E-state index contributed by atoms with van der Waals surface area (Å²) < 4.78 is 30.3.